The van der Waals surface area contributed by atoms with Gasteiger partial charge in [0.1, 0.15) is 12.4 Å². The Kier molecular flexibility index (Phi) is 5.08. The molecule has 18 heavy (non-hydrogen) atoms. The van der Waals surface area contributed by atoms with E-state index in [1.807, 2.05) is 48.5 Å². The summed E-state index contributed by atoms with van der Waals surface area (Å²) in [7, 11) is 0. The Hall–Kier alpha value is -1.00. The van der Waals surface area contributed by atoms with E-state index >= 15 is 0 Å². The van der Waals surface area contributed by atoms with Crippen molar-refractivity contribution in [3.8, 4) is 5.75 Å². The first-order valence-corrected chi connectivity index (χ1v) is 7.20. The number of anilines is 1. The van der Waals surface area contributed by atoms with Crippen LogP contribution in [0.15, 0.2) is 57.5 Å². The number of ether oxygens (including phenoxy) is 1. The number of hydrogen-bond donors (Lipinski definition) is 1. The lowest BCUT2D eigenvalue weighted by Gasteiger charge is -2.08. The van der Waals surface area contributed by atoms with Crippen LogP contribution in [0, 0.1) is 0 Å². The Balaban J connectivity index is 1.74. The minimum Gasteiger partial charge on any atom is -0.492 e. The average Bonchev–Trinajstić information content (AvgIpc) is 2.37. The van der Waals surface area contributed by atoms with Crippen LogP contribution in [-0.2, 0) is 0 Å². The predicted molar refractivity (Wildman–Crippen MR) is 82.3 cm³/mol. The zero-order valence-corrected chi connectivity index (χ0v) is 12.9. The van der Waals surface area contributed by atoms with Crippen LogP contribution in [0.3, 0.4) is 0 Å². The maximum absolute atomic E-state index is 5.62. The highest BCUT2D eigenvalue weighted by Crippen LogP contribution is 2.17. The first kappa shape index (κ1) is 13.4. The second-order valence-electron chi connectivity index (χ2n) is 3.74. The maximum atomic E-state index is 5.62. The molecule has 0 saturated carbocycles. The molecular formula is C14H13Br2NO. The van der Waals surface area contributed by atoms with Gasteiger partial charge in [0.25, 0.3) is 0 Å². The Morgan fingerprint density at radius 3 is 2.44 bits per heavy atom. The molecule has 1 N–H and O–H groups in total. The van der Waals surface area contributed by atoms with E-state index in [0.29, 0.717) is 6.61 Å². The van der Waals surface area contributed by atoms with Crippen molar-refractivity contribution < 1.29 is 4.74 Å². The smallest absolute Gasteiger partial charge is 0.119 e. The van der Waals surface area contributed by atoms with Crippen LogP contribution in [0.1, 0.15) is 0 Å². The van der Waals surface area contributed by atoms with Gasteiger partial charge in [0.15, 0.2) is 0 Å². The Morgan fingerprint density at radius 1 is 0.944 bits per heavy atom. The monoisotopic (exact) mass is 369 g/mol. The number of rotatable bonds is 5. The van der Waals surface area contributed by atoms with Crippen LogP contribution in [0.4, 0.5) is 5.69 Å². The summed E-state index contributed by atoms with van der Waals surface area (Å²) in [6, 6.07) is 15.9. The van der Waals surface area contributed by atoms with Gasteiger partial charge < -0.3 is 10.1 Å². The van der Waals surface area contributed by atoms with E-state index in [0.717, 1.165) is 26.9 Å². The molecule has 0 atom stereocenters. The normalized spacial score (nSPS) is 10.1. The van der Waals surface area contributed by atoms with Crippen LogP contribution in [0.25, 0.3) is 0 Å². The third-order valence-corrected chi connectivity index (χ3v) is 3.36. The van der Waals surface area contributed by atoms with E-state index in [2.05, 4.69) is 37.2 Å². The zero-order chi connectivity index (χ0) is 12.8. The highest BCUT2D eigenvalue weighted by atomic mass is 79.9. The summed E-state index contributed by atoms with van der Waals surface area (Å²) in [4.78, 5) is 0. The van der Waals surface area contributed by atoms with Gasteiger partial charge in [-0.3, -0.25) is 0 Å². The fraction of sp³-hybridized carbons (Fsp3) is 0.143. The lowest BCUT2D eigenvalue weighted by atomic mass is 10.3. The largest absolute Gasteiger partial charge is 0.492 e. The first-order valence-electron chi connectivity index (χ1n) is 5.62. The van der Waals surface area contributed by atoms with E-state index < -0.39 is 0 Å². The van der Waals surface area contributed by atoms with Crippen LogP contribution in [0.2, 0.25) is 0 Å². The van der Waals surface area contributed by atoms with Crippen LogP contribution in [-0.4, -0.2) is 13.2 Å². The van der Waals surface area contributed by atoms with Crippen molar-refractivity contribution in [1.29, 1.82) is 0 Å². The second kappa shape index (κ2) is 6.81. The molecule has 0 radical (unpaired) electrons. The Labute approximate surface area is 124 Å². The lowest BCUT2D eigenvalue weighted by molar-refractivity contribution is 0.333. The molecule has 2 aromatic carbocycles. The maximum Gasteiger partial charge on any atom is 0.119 e. The minimum atomic E-state index is 0.633. The summed E-state index contributed by atoms with van der Waals surface area (Å²) >= 11 is 6.83. The molecule has 2 rings (SSSR count). The fourth-order valence-electron chi connectivity index (χ4n) is 1.49. The van der Waals surface area contributed by atoms with E-state index in [4.69, 9.17) is 4.74 Å². The van der Waals surface area contributed by atoms with Gasteiger partial charge in [0.05, 0.1) is 0 Å². The van der Waals surface area contributed by atoms with Gasteiger partial charge in [0.2, 0.25) is 0 Å². The summed E-state index contributed by atoms with van der Waals surface area (Å²) in [6.45, 7) is 1.40. The molecule has 0 heterocycles. The molecule has 0 bridgehead atoms. The Bertz CT molecular complexity index is 499. The van der Waals surface area contributed by atoms with Crippen molar-refractivity contribution in [3.63, 3.8) is 0 Å². The zero-order valence-electron chi connectivity index (χ0n) is 9.70. The lowest BCUT2D eigenvalue weighted by Crippen LogP contribution is -2.11. The standard InChI is InChI=1S/C14H13Br2NO/c15-11-4-6-14(7-5-11)18-9-8-17-13-3-1-2-12(16)10-13/h1-7,10,17H,8-9H2. The Morgan fingerprint density at radius 2 is 1.72 bits per heavy atom. The van der Waals surface area contributed by atoms with Crippen LogP contribution in [0.5, 0.6) is 5.75 Å². The molecule has 0 aromatic heterocycles. The third kappa shape index (κ3) is 4.35. The van der Waals surface area contributed by atoms with Gasteiger partial charge >= 0.3 is 0 Å². The molecule has 0 amide bonds. The number of benzene rings is 2. The number of nitrogens with one attached hydrogen (secondary N) is 1. The van der Waals surface area contributed by atoms with Crippen molar-refractivity contribution in [2.24, 2.45) is 0 Å². The highest BCUT2D eigenvalue weighted by molar-refractivity contribution is 9.10. The van der Waals surface area contributed by atoms with Gasteiger partial charge in [0, 0.05) is 21.2 Å². The molecule has 0 saturated heterocycles. The predicted octanol–water partition coefficient (Wildman–Crippen LogP) is 4.70. The first-order chi connectivity index (χ1) is 8.74. The molecule has 2 aromatic rings. The SMILES string of the molecule is Brc1ccc(OCCNc2cccc(Br)c2)cc1. The second-order valence-corrected chi connectivity index (χ2v) is 5.57. The molecule has 0 unspecified atom stereocenters. The molecule has 0 aliphatic heterocycles. The average molecular weight is 371 g/mol. The van der Waals surface area contributed by atoms with Crippen molar-refractivity contribution in [2.45, 2.75) is 0 Å². The van der Waals surface area contributed by atoms with Gasteiger partial charge in [-0.1, -0.05) is 37.9 Å². The van der Waals surface area contributed by atoms with Crippen molar-refractivity contribution in [3.05, 3.63) is 57.5 Å². The summed E-state index contributed by atoms with van der Waals surface area (Å²) in [5.74, 6) is 0.884. The third-order valence-electron chi connectivity index (χ3n) is 2.34. The molecule has 2 nitrogen and oxygen atoms in total. The summed E-state index contributed by atoms with van der Waals surface area (Å²) < 4.78 is 7.75. The molecule has 4 heteroatoms. The number of halogens is 2. The van der Waals surface area contributed by atoms with E-state index in [1.54, 1.807) is 0 Å². The molecule has 0 aliphatic rings. The summed E-state index contributed by atoms with van der Waals surface area (Å²) in [5, 5.41) is 3.30. The van der Waals surface area contributed by atoms with Gasteiger partial charge in [-0.25, -0.2) is 0 Å². The molecule has 94 valence electrons. The fourth-order valence-corrected chi connectivity index (χ4v) is 2.16. The van der Waals surface area contributed by atoms with Crippen LogP contribution < -0.4 is 10.1 Å². The molecule has 0 aliphatic carbocycles. The quantitative estimate of drug-likeness (QED) is 0.770. The topological polar surface area (TPSA) is 21.3 Å². The van der Waals surface area contributed by atoms with E-state index in [-0.39, 0.29) is 0 Å². The molecule has 0 fully saturated rings. The minimum absolute atomic E-state index is 0.633. The van der Waals surface area contributed by atoms with Crippen molar-refractivity contribution in [1.82, 2.24) is 0 Å². The van der Waals surface area contributed by atoms with Crippen molar-refractivity contribution >= 4 is 37.5 Å². The molecule has 0 spiro atoms. The van der Waals surface area contributed by atoms with E-state index in [9.17, 15) is 0 Å². The number of hydrogen-bond acceptors (Lipinski definition) is 2. The van der Waals surface area contributed by atoms with Gasteiger partial charge in [-0.05, 0) is 42.5 Å². The van der Waals surface area contributed by atoms with Crippen molar-refractivity contribution in [2.75, 3.05) is 18.5 Å². The summed E-state index contributed by atoms with van der Waals surface area (Å²) in [5.41, 5.74) is 1.09. The van der Waals surface area contributed by atoms with Crippen LogP contribution >= 0.6 is 31.9 Å². The van der Waals surface area contributed by atoms with E-state index in [1.165, 1.54) is 0 Å². The highest BCUT2D eigenvalue weighted by Gasteiger charge is 1.95. The molecular weight excluding hydrogens is 358 g/mol. The van der Waals surface area contributed by atoms with Gasteiger partial charge in [-0.2, -0.15) is 0 Å². The van der Waals surface area contributed by atoms with Gasteiger partial charge in [-0.15, -0.1) is 0 Å². The summed E-state index contributed by atoms with van der Waals surface area (Å²) in [6.07, 6.45) is 0.